The summed E-state index contributed by atoms with van der Waals surface area (Å²) in [5.74, 6) is 0.539. The molecule has 1 N–H and O–H groups in total. The minimum absolute atomic E-state index is 0.181. The lowest BCUT2D eigenvalue weighted by Gasteiger charge is -2.04. The van der Waals surface area contributed by atoms with Crippen molar-refractivity contribution in [1.29, 1.82) is 0 Å². The van der Waals surface area contributed by atoms with Crippen LogP contribution in [0.4, 0.5) is 5.13 Å². The van der Waals surface area contributed by atoms with Crippen LogP contribution in [0.3, 0.4) is 0 Å². The van der Waals surface area contributed by atoms with E-state index in [4.69, 9.17) is 4.74 Å². The zero-order chi connectivity index (χ0) is 17.1. The first-order chi connectivity index (χ1) is 11.6. The highest BCUT2D eigenvalue weighted by Crippen LogP contribution is 2.31. The fraction of sp³-hybridized carbons (Fsp3) is 0.158. The lowest BCUT2D eigenvalue weighted by molar-refractivity contribution is 0.102. The average molecular weight is 338 g/mol. The SMILES string of the molecule is COc1ccc(C(=O)Nc2ncc(-c3ccc(C)cc3C)s2)cc1. The summed E-state index contributed by atoms with van der Waals surface area (Å²) in [7, 11) is 1.60. The number of aromatic nitrogens is 1. The summed E-state index contributed by atoms with van der Waals surface area (Å²) in [6.45, 7) is 4.15. The quantitative estimate of drug-likeness (QED) is 0.751. The van der Waals surface area contributed by atoms with Crippen molar-refractivity contribution in [2.75, 3.05) is 12.4 Å². The van der Waals surface area contributed by atoms with Crippen molar-refractivity contribution >= 4 is 22.4 Å². The van der Waals surface area contributed by atoms with Crippen LogP contribution in [0.15, 0.2) is 48.7 Å². The molecule has 1 amide bonds. The Labute approximate surface area is 145 Å². The molecular weight excluding hydrogens is 320 g/mol. The minimum atomic E-state index is -0.181. The van der Waals surface area contributed by atoms with Crippen molar-refractivity contribution in [1.82, 2.24) is 4.98 Å². The van der Waals surface area contributed by atoms with Crippen LogP contribution in [0, 0.1) is 13.8 Å². The molecule has 0 saturated carbocycles. The standard InChI is InChI=1S/C19H18N2O2S/c1-12-4-9-16(13(2)10-12)17-11-20-19(24-17)21-18(22)14-5-7-15(23-3)8-6-14/h4-11H,1-3H3,(H,20,21,22). The largest absolute Gasteiger partial charge is 0.497 e. The molecule has 0 aliphatic rings. The number of anilines is 1. The summed E-state index contributed by atoms with van der Waals surface area (Å²) >= 11 is 1.47. The molecule has 0 aliphatic carbocycles. The number of benzene rings is 2. The highest BCUT2D eigenvalue weighted by Gasteiger charge is 2.11. The summed E-state index contributed by atoms with van der Waals surface area (Å²) in [4.78, 5) is 17.6. The van der Waals surface area contributed by atoms with Gasteiger partial charge in [-0.3, -0.25) is 10.1 Å². The van der Waals surface area contributed by atoms with Gasteiger partial charge < -0.3 is 4.74 Å². The van der Waals surface area contributed by atoms with E-state index >= 15 is 0 Å². The Kier molecular flexibility index (Phi) is 4.62. The van der Waals surface area contributed by atoms with Crippen LogP contribution in [0.5, 0.6) is 5.75 Å². The van der Waals surface area contributed by atoms with Crippen molar-refractivity contribution in [2.24, 2.45) is 0 Å². The zero-order valence-corrected chi connectivity index (χ0v) is 14.6. The summed E-state index contributed by atoms with van der Waals surface area (Å²) in [6.07, 6.45) is 1.80. The van der Waals surface area contributed by atoms with Crippen LogP contribution in [0.2, 0.25) is 0 Å². The van der Waals surface area contributed by atoms with Crippen LogP contribution < -0.4 is 10.1 Å². The maximum atomic E-state index is 12.3. The number of ether oxygens (including phenoxy) is 1. The highest BCUT2D eigenvalue weighted by atomic mass is 32.1. The van der Waals surface area contributed by atoms with Crippen LogP contribution in [0.1, 0.15) is 21.5 Å². The first kappa shape index (κ1) is 16.2. The predicted octanol–water partition coefficient (Wildman–Crippen LogP) is 4.69. The number of aryl methyl sites for hydroxylation is 2. The van der Waals surface area contributed by atoms with Crippen LogP contribution in [-0.4, -0.2) is 18.0 Å². The van der Waals surface area contributed by atoms with Crippen molar-refractivity contribution in [3.63, 3.8) is 0 Å². The topological polar surface area (TPSA) is 51.2 Å². The van der Waals surface area contributed by atoms with Crippen LogP contribution in [0.25, 0.3) is 10.4 Å². The van der Waals surface area contributed by atoms with Gasteiger partial charge in [0.25, 0.3) is 5.91 Å². The molecule has 0 unspecified atom stereocenters. The molecule has 0 fully saturated rings. The number of hydrogen-bond acceptors (Lipinski definition) is 4. The molecule has 0 radical (unpaired) electrons. The molecular formula is C19H18N2O2S. The van der Waals surface area contributed by atoms with Crippen molar-refractivity contribution in [3.05, 3.63) is 65.4 Å². The molecule has 5 heteroatoms. The Morgan fingerprint density at radius 2 is 1.88 bits per heavy atom. The molecule has 3 rings (SSSR count). The lowest BCUT2D eigenvalue weighted by Crippen LogP contribution is -2.11. The predicted molar refractivity (Wildman–Crippen MR) is 98.0 cm³/mol. The summed E-state index contributed by atoms with van der Waals surface area (Å²) < 4.78 is 5.10. The van der Waals surface area contributed by atoms with Gasteiger partial charge >= 0.3 is 0 Å². The van der Waals surface area contributed by atoms with Crippen molar-refractivity contribution < 1.29 is 9.53 Å². The second-order valence-electron chi connectivity index (χ2n) is 5.53. The van der Waals surface area contributed by atoms with Crippen LogP contribution in [-0.2, 0) is 0 Å². The first-order valence-corrected chi connectivity index (χ1v) is 8.37. The van der Waals surface area contributed by atoms with Gasteiger partial charge in [0.15, 0.2) is 5.13 Å². The van der Waals surface area contributed by atoms with Gasteiger partial charge in [-0.25, -0.2) is 4.98 Å². The average Bonchev–Trinajstić information content (AvgIpc) is 3.03. The molecule has 1 heterocycles. The third kappa shape index (κ3) is 3.46. The van der Waals surface area contributed by atoms with E-state index in [-0.39, 0.29) is 5.91 Å². The Morgan fingerprint density at radius 3 is 2.54 bits per heavy atom. The maximum absolute atomic E-state index is 12.3. The van der Waals surface area contributed by atoms with Gasteiger partial charge in [-0.1, -0.05) is 35.1 Å². The Balaban J connectivity index is 1.76. The number of methoxy groups -OCH3 is 1. The molecule has 0 aliphatic heterocycles. The number of nitrogens with one attached hydrogen (secondary N) is 1. The molecule has 0 bridgehead atoms. The van der Waals surface area contributed by atoms with Gasteiger partial charge in [0, 0.05) is 11.8 Å². The molecule has 24 heavy (non-hydrogen) atoms. The van der Waals surface area contributed by atoms with E-state index in [2.05, 4.69) is 42.3 Å². The van der Waals surface area contributed by atoms with Crippen molar-refractivity contribution in [2.45, 2.75) is 13.8 Å². The van der Waals surface area contributed by atoms with Gasteiger partial charge in [-0.15, -0.1) is 0 Å². The van der Waals surface area contributed by atoms with E-state index < -0.39 is 0 Å². The van der Waals surface area contributed by atoms with Gasteiger partial charge in [0.05, 0.1) is 12.0 Å². The van der Waals surface area contributed by atoms with Gasteiger partial charge in [0.2, 0.25) is 0 Å². The van der Waals surface area contributed by atoms with Crippen LogP contribution >= 0.6 is 11.3 Å². The second kappa shape index (κ2) is 6.84. The fourth-order valence-corrected chi connectivity index (χ4v) is 3.36. The molecule has 0 saturated heterocycles. The smallest absolute Gasteiger partial charge is 0.257 e. The van der Waals surface area contributed by atoms with E-state index in [0.717, 1.165) is 16.2 Å². The van der Waals surface area contributed by atoms with Gasteiger partial charge in [-0.05, 0) is 49.2 Å². The minimum Gasteiger partial charge on any atom is -0.497 e. The van der Waals surface area contributed by atoms with Crippen molar-refractivity contribution in [3.8, 4) is 16.2 Å². The zero-order valence-electron chi connectivity index (χ0n) is 13.8. The molecule has 1 aromatic heterocycles. The lowest BCUT2D eigenvalue weighted by atomic mass is 10.1. The number of thiazole rings is 1. The third-order valence-electron chi connectivity index (χ3n) is 3.73. The number of carbonyl (C=O) groups is 1. The van der Waals surface area contributed by atoms with E-state index in [1.54, 1.807) is 37.6 Å². The van der Waals surface area contributed by atoms with Gasteiger partial charge in [-0.2, -0.15) is 0 Å². The third-order valence-corrected chi connectivity index (χ3v) is 4.67. The Bertz CT molecular complexity index is 869. The summed E-state index contributed by atoms with van der Waals surface area (Å²) in [5.41, 5.74) is 4.14. The first-order valence-electron chi connectivity index (χ1n) is 7.55. The number of hydrogen-bond donors (Lipinski definition) is 1. The Hall–Kier alpha value is -2.66. The normalized spacial score (nSPS) is 10.5. The van der Waals surface area contributed by atoms with Gasteiger partial charge in [0.1, 0.15) is 5.75 Å². The Morgan fingerprint density at radius 1 is 1.12 bits per heavy atom. The molecule has 0 atom stereocenters. The molecule has 4 nitrogen and oxygen atoms in total. The molecule has 3 aromatic rings. The van der Waals surface area contributed by atoms with E-state index in [0.29, 0.717) is 10.7 Å². The number of nitrogens with zero attached hydrogens (tertiary/aromatic N) is 1. The summed E-state index contributed by atoms with van der Waals surface area (Å²) in [5, 5.41) is 3.43. The van der Waals surface area contributed by atoms with E-state index in [1.165, 1.54) is 22.5 Å². The number of amides is 1. The van der Waals surface area contributed by atoms with E-state index in [1.807, 2.05) is 0 Å². The maximum Gasteiger partial charge on any atom is 0.257 e. The molecule has 0 spiro atoms. The molecule has 122 valence electrons. The fourth-order valence-electron chi connectivity index (χ4n) is 2.46. The number of carbonyl (C=O) groups excluding carboxylic acids is 1. The highest BCUT2D eigenvalue weighted by molar-refractivity contribution is 7.19. The summed E-state index contributed by atoms with van der Waals surface area (Å²) in [6, 6.07) is 13.3. The monoisotopic (exact) mass is 338 g/mol. The molecule has 2 aromatic carbocycles. The number of rotatable bonds is 4. The second-order valence-corrected chi connectivity index (χ2v) is 6.56. The van der Waals surface area contributed by atoms with E-state index in [9.17, 15) is 4.79 Å².